The maximum absolute atomic E-state index is 11.8. The molecule has 0 saturated heterocycles. The van der Waals surface area contributed by atoms with Crippen LogP contribution in [0.4, 0.5) is 0 Å². The summed E-state index contributed by atoms with van der Waals surface area (Å²) in [5, 5.41) is 1.31. The Bertz CT molecular complexity index is 993. The van der Waals surface area contributed by atoms with E-state index in [0.29, 0.717) is 40.5 Å². The van der Waals surface area contributed by atoms with Crippen LogP contribution in [0, 0.1) is 0 Å². The van der Waals surface area contributed by atoms with E-state index in [-0.39, 0.29) is 12.4 Å². The number of fused-ring (bicyclic) bond motifs is 1. The van der Waals surface area contributed by atoms with E-state index in [0.717, 1.165) is 5.56 Å². The molecule has 26 heavy (non-hydrogen) atoms. The molecule has 0 aliphatic carbocycles. The van der Waals surface area contributed by atoms with Crippen molar-refractivity contribution < 1.29 is 18.7 Å². The number of esters is 1. The minimum Gasteiger partial charge on any atom is -0.489 e. The molecule has 5 nitrogen and oxygen atoms in total. The quantitative estimate of drug-likeness (QED) is 0.480. The van der Waals surface area contributed by atoms with Gasteiger partial charge in [-0.05, 0) is 42.3 Å². The van der Waals surface area contributed by atoms with Gasteiger partial charge in [-0.1, -0.05) is 23.7 Å². The summed E-state index contributed by atoms with van der Waals surface area (Å²) in [6.07, 6.45) is 0.0126. The van der Waals surface area contributed by atoms with Gasteiger partial charge in [0.05, 0.1) is 13.0 Å². The lowest BCUT2D eigenvalue weighted by molar-refractivity contribution is -0.142. The Balaban J connectivity index is 1.84. The number of hydrogen-bond donors (Lipinski definition) is 0. The summed E-state index contributed by atoms with van der Waals surface area (Å²) in [6, 6.07) is 13.8. The highest BCUT2D eigenvalue weighted by atomic mass is 35.5. The molecule has 2 aromatic carbocycles. The van der Waals surface area contributed by atoms with E-state index in [1.54, 1.807) is 31.2 Å². The summed E-state index contributed by atoms with van der Waals surface area (Å²) < 4.78 is 15.9. The van der Waals surface area contributed by atoms with Crippen molar-refractivity contribution in [2.24, 2.45) is 0 Å². The van der Waals surface area contributed by atoms with E-state index < -0.39 is 5.63 Å². The van der Waals surface area contributed by atoms with Gasteiger partial charge in [-0.3, -0.25) is 4.79 Å². The molecule has 0 aliphatic heterocycles. The Morgan fingerprint density at radius 3 is 2.77 bits per heavy atom. The summed E-state index contributed by atoms with van der Waals surface area (Å²) >= 11 is 5.96. The van der Waals surface area contributed by atoms with Crippen LogP contribution in [0.15, 0.2) is 57.7 Å². The van der Waals surface area contributed by atoms with Crippen molar-refractivity contribution in [2.75, 3.05) is 6.61 Å². The molecule has 0 amide bonds. The topological polar surface area (TPSA) is 65.7 Å². The van der Waals surface area contributed by atoms with Gasteiger partial charge in [0.25, 0.3) is 0 Å². The fourth-order valence-electron chi connectivity index (χ4n) is 2.61. The van der Waals surface area contributed by atoms with Gasteiger partial charge in [-0.2, -0.15) is 0 Å². The molecule has 0 spiro atoms. The van der Waals surface area contributed by atoms with Crippen molar-refractivity contribution in [3.63, 3.8) is 0 Å². The van der Waals surface area contributed by atoms with Crippen LogP contribution in [0.25, 0.3) is 11.0 Å². The summed E-state index contributed by atoms with van der Waals surface area (Å²) in [5.41, 5.74) is 1.33. The second-order valence-corrected chi connectivity index (χ2v) is 6.09. The zero-order valence-electron chi connectivity index (χ0n) is 14.2. The fraction of sp³-hybridized carbons (Fsp3) is 0.200. The lowest BCUT2D eigenvalue weighted by atomic mass is 10.1. The first kappa shape index (κ1) is 18.0. The van der Waals surface area contributed by atoms with E-state index >= 15 is 0 Å². The van der Waals surface area contributed by atoms with Gasteiger partial charge < -0.3 is 13.9 Å². The maximum atomic E-state index is 11.8. The Morgan fingerprint density at radius 2 is 2.00 bits per heavy atom. The molecular formula is C20H17ClO5. The molecule has 0 aliphatic rings. The molecular weight excluding hydrogens is 356 g/mol. The van der Waals surface area contributed by atoms with Crippen LogP contribution < -0.4 is 10.4 Å². The van der Waals surface area contributed by atoms with Gasteiger partial charge in [0.15, 0.2) is 0 Å². The molecule has 1 aromatic heterocycles. The smallest absolute Gasteiger partial charge is 0.336 e. The van der Waals surface area contributed by atoms with Gasteiger partial charge in [0, 0.05) is 22.5 Å². The normalized spacial score (nSPS) is 10.7. The lowest BCUT2D eigenvalue weighted by Crippen LogP contribution is -2.10. The molecule has 0 atom stereocenters. The molecule has 3 rings (SSSR count). The molecule has 134 valence electrons. The van der Waals surface area contributed by atoms with E-state index in [1.807, 2.05) is 18.2 Å². The first-order valence-corrected chi connectivity index (χ1v) is 8.52. The zero-order chi connectivity index (χ0) is 18.5. The predicted molar refractivity (Wildman–Crippen MR) is 98.6 cm³/mol. The number of carbonyl (C=O) groups excluding carboxylic acids is 1. The highest BCUT2D eigenvalue weighted by molar-refractivity contribution is 6.30. The van der Waals surface area contributed by atoms with Crippen molar-refractivity contribution in [1.29, 1.82) is 0 Å². The molecule has 6 heteroatoms. The van der Waals surface area contributed by atoms with Gasteiger partial charge in [-0.15, -0.1) is 0 Å². The molecule has 0 saturated carbocycles. The van der Waals surface area contributed by atoms with Crippen molar-refractivity contribution in [1.82, 2.24) is 0 Å². The number of benzene rings is 2. The Kier molecular flexibility index (Phi) is 5.58. The summed E-state index contributed by atoms with van der Waals surface area (Å²) in [5.74, 6) is 0.162. The van der Waals surface area contributed by atoms with Gasteiger partial charge >= 0.3 is 11.6 Å². The van der Waals surface area contributed by atoms with Crippen molar-refractivity contribution >= 4 is 28.5 Å². The third-order valence-corrected chi connectivity index (χ3v) is 3.97. The highest BCUT2D eigenvalue weighted by Gasteiger charge is 2.12. The van der Waals surface area contributed by atoms with Crippen molar-refractivity contribution in [2.45, 2.75) is 20.0 Å². The van der Waals surface area contributed by atoms with Crippen LogP contribution in [0.1, 0.15) is 18.1 Å². The molecule has 1 heterocycles. The molecule has 0 radical (unpaired) electrons. The number of carbonyl (C=O) groups is 1. The molecule has 0 unspecified atom stereocenters. The average molecular weight is 373 g/mol. The first-order valence-electron chi connectivity index (χ1n) is 8.15. The van der Waals surface area contributed by atoms with Gasteiger partial charge in [0.1, 0.15) is 17.9 Å². The van der Waals surface area contributed by atoms with Crippen molar-refractivity contribution in [3.05, 3.63) is 75.1 Å². The van der Waals surface area contributed by atoms with Crippen LogP contribution in [0.5, 0.6) is 5.75 Å². The molecule has 0 fully saturated rings. The third-order valence-electron chi connectivity index (χ3n) is 3.74. The standard InChI is InChI=1S/C20H17ClO5/c1-2-24-19(22)9-14-10-20(23)26-18-11-16(6-7-17(14)18)25-12-13-4-3-5-15(21)8-13/h3-8,10-11H,2,9,12H2,1H3. The van der Waals surface area contributed by atoms with Crippen LogP contribution in [-0.4, -0.2) is 12.6 Å². The number of rotatable bonds is 6. The second kappa shape index (κ2) is 8.06. The maximum Gasteiger partial charge on any atom is 0.336 e. The zero-order valence-corrected chi connectivity index (χ0v) is 14.9. The molecule has 0 bridgehead atoms. The van der Waals surface area contributed by atoms with Crippen molar-refractivity contribution in [3.8, 4) is 5.75 Å². The van der Waals surface area contributed by atoms with Crippen LogP contribution in [0.2, 0.25) is 5.02 Å². The minimum atomic E-state index is -0.524. The number of ether oxygens (including phenoxy) is 2. The average Bonchev–Trinajstić information content (AvgIpc) is 2.60. The Morgan fingerprint density at radius 1 is 1.15 bits per heavy atom. The van der Waals surface area contributed by atoms with E-state index in [2.05, 4.69) is 0 Å². The summed E-state index contributed by atoms with van der Waals surface area (Å²) in [6.45, 7) is 2.36. The van der Waals surface area contributed by atoms with Gasteiger partial charge in [-0.25, -0.2) is 4.79 Å². The lowest BCUT2D eigenvalue weighted by Gasteiger charge is -2.09. The van der Waals surface area contributed by atoms with E-state index in [4.69, 9.17) is 25.5 Å². The molecule has 0 N–H and O–H groups in total. The predicted octanol–water partition coefficient (Wildman–Crippen LogP) is 4.13. The Labute approximate surface area is 155 Å². The largest absolute Gasteiger partial charge is 0.489 e. The molecule has 3 aromatic rings. The highest BCUT2D eigenvalue weighted by Crippen LogP contribution is 2.24. The summed E-state index contributed by atoms with van der Waals surface area (Å²) in [7, 11) is 0. The van der Waals surface area contributed by atoms with E-state index in [1.165, 1.54) is 6.07 Å². The fourth-order valence-corrected chi connectivity index (χ4v) is 2.82. The van der Waals surface area contributed by atoms with E-state index in [9.17, 15) is 9.59 Å². The summed E-state index contributed by atoms with van der Waals surface area (Å²) in [4.78, 5) is 23.5. The number of hydrogen-bond acceptors (Lipinski definition) is 5. The van der Waals surface area contributed by atoms with Gasteiger partial charge in [0.2, 0.25) is 0 Å². The number of halogens is 1. The SMILES string of the molecule is CCOC(=O)Cc1cc(=O)oc2cc(OCc3cccc(Cl)c3)ccc12. The monoisotopic (exact) mass is 372 g/mol. The minimum absolute atomic E-state index is 0.0126. The van der Waals surface area contributed by atoms with Crippen LogP contribution in [0.3, 0.4) is 0 Å². The Hall–Kier alpha value is -2.79. The second-order valence-electron chi connectivity index (χ2n) is 5.65. The third kappa shape index (κ3) is 4.43. The van der Waals surface area contributed by atoms with Crippen LogP contribution in [-0.2, 0) is 22.6 Å². The van der Waals surface area contributed by atoms with Crippen LogP contribution >= 0.6 is 11.6 Å². The first-order chi connectivity index (χ1) is 12.5.